The number of unbranched alkanes of at least 4 members (excludes halogenated alkanes) is 1. The highest BCUT2D eigenvalue weighted by atomic mass is 16.5. The Kier molecular flexibility index (Phi) is 9.99. The fourth-order valence-corrected chi connectivity index (χ4v) is 1.39. The van der Waals surface area contributed by atoms with E-state index in [2.05, 4.69) is 26.1 Å². The van der Waals surface area contributed by atoms with Crippen LogP contribution in [0.2, 0.25) is 0 Å². The highest BCUT2D eigenvalue weighted by Gasteiger charge is 2.16. The largest absolute Gasteiger partial charge is 0.385 e. The minimum Gasteiger partial charge on any atom is -0.385 e. The van der Waals surface area contributed by atoms with Crippen LogP contribution in [0.25, 0.3) is 0 Å². The van der Waals surface area contributed by atoms with Gasteiger partial charge in [-0.15, -0.1) is 0 Å². The number of hydrogen-bond donors (Lipinski definition) is 1. The minimum atomic E-state index is 0.305. The van der Waals surface area contributed by atoms with Gasteiger partial charge in [0, 0.05) is 33.4 Å². The summed E-state index contributed by atoms with van der Waals surface area (Å²) in [4.78, 5) is 0. The van der Waals surface area contributed by atoms with E-state index in [1.54, 1.807) is 7.11 Å². The Hall–Kier alpha value is -0.120. The van der Waals surface area contributed by atoms with Gasteiger partial charge in [-0.05, 0) is 18.3 Å². The maximum atomic E-state index is 5.48. The smallest absolute Gasteiger partial charge is 0.0590 e. The van der Waals surface area contributed by atoms with Crippen LogP contribution in [0.3, 0.4) is 0 Å². The van der Waals surface area contributed by atoms with E-state index in [-0.39, 0.29) is 0 Å². The molecule has 0 heterocycles. The molecule has 0 amide bonds. The van der Waals surface area contributed by atoms with Crippen LogP contribution >= 0.6 is 0 Å². The average molecular weight is 231 g/mol. The van der Waals surface area contributed by atoms with Crippen molar-refractivity contribution in [1.29, 1.82) is 0 Å². The first kappa shape index (κ1) is 15.9. The maximum Gasteiger partial charge on any atom is 0.0590 e. The molecule has 3 nitrogen and oxygen atoms in total. The number of nitrogens with one attached hydrogen (secondary N) is 1. The minimum absolute atomic E-state index is 0.305. The molecule has 0 saturated heterocycles. The van der Waals surface area contributed by atoms with Gasteiger partial charge in [-0.2, -0.15) is 0 Å². The van der Waals surface area contributed by atoms with Gasteiger partial charge >= 0.3 is 0 Å². The fraction of sp³-hybridized carbons (Fsp3) is 1.00. The molecule has 0 aliphatic rings. The van der Waals surface area contributed by atoms with Crippen molar-refractivity contribution in [2.75, 3.05) is 40.0 Å². The number of hydrogen-bond acceptors (Lipinski definition) is 3. The second-order valence-corrected chi connectivity index (χ2v) is 5.05. The third-order valence-corrected chi connectivity index (χ3v) is 2.65. The van der Waals surface area contributed by atoms with E-state index < -0.39 is 0 Å². The Balaban J connectivity index is 3.29. The summed E-state index contributed by atoms with van der Waals surface area (Å²) in [7, 11) is 1.76. The molecular weight excluding hydrogens is 202 g/mol. The quantitative estimate of drug-likeness (QED) is 0.554. The Bertz CT molecular complexity index is 149. The first-order valence-corrected chi connectivity index (χ1v) is 6.40. The molecule has 3 heteroatoms. The van der Waals surface area contributed by atoms with Crippen LogP contribution in [0.1, 0.15) is 40.0 Å². The molecule has 1 N–H and O–H groups in total. The molecule has 16 heavy (non-hydrogen) atoms. The summed E-state index contributed by atoms with van der Waals surface area (Å²) < 4.78 is 10.6. The van der Waals surface area contributed by atoms with E-state index in [0.29, 0.717) is 5.41 Å². The van der Waals surface area contributed by atoms with Crippen LogP contribution in [0.4, 0.5) is 0 Å². The van der Waals surface area contributed by atoms with Crippen molar-refractivity contribution in [2.24, 2.45) is 5.41 Å². The van der Waals surface area contributed by atoms with Crippen LogP contribution in [-0.4, -0.2) is 40.0 Å². The molecular formula is C13H29NO2. The second-order valence-electron chi connectivity index (χ2n) is 5.05. The lowest BCUT2D eigenvalue weighted by molar-refractivity contribution is 0.125. The van der Waals surface area contributed by atoms with Crippen LogP contribution in [0.5, 0.6) is 0 Å². The molecule has 0 fully saturated rings. The van der Waals surface area contributed by atoms with Crippen LogP contribution in [0, 0.1) is 5.41 Å². The summed E-state index contributed by atoms with van der Waals surface area (Å²) in [5, 5.41) is 3.43. The van der Waals surface area contributed by atoms with Crippen LogP contribution in [0.15, 0.2) is 0 Å². The molecule has 0 aromatic rings. The molecule has 0 radical (unpaired) electrons. The highest BCUT2D eigenvalue weighted by Crippen LogP contribution is 2.18. The first-order chi connectivity index (χ1) is 7.62. The van der Waals surface area contributed by atoms with E-state index in [4.69, 9.17) is 9.47 Å². The van der Waals surface area contributed by atoms with Gasteiger partial charge < -0.3 is 14.8 Å². The zero-order valence-corrected chi connectivity index (χ0v) is 11.5. The summed E-state index contributed by atoms with van der Waals surface area (Å²) >= 11 is 0. The summed E-state index contributed by atoms with van der Waals surface area (Å²) in [5.74, 6) is 0. The van der Waals surface area contributed by atoms with E-state index in [1.807, 2.05) is 0 Å². The third-order valence-electron chi connectivity index (χ3n) is 2.65. The van der Waals surface area contributed by atoms with Crippen molar-refractivity contribution >= 4 is 0 Å². The van der Waals surface area contributed by atoms with Gasteiger partial charge in [0.25, 0.3) is 0 Å². The molecule has 98 valence electrons. The number of methoxy groups -OCH3 is 1. The zero-order valence-electron chi connectivity index (χ0n) is 11.5. The van der Waals surface area contributed by atoms with Gasteiger partial charge in [-0.25, -0.2) is 0 Å². The van der Waals surface area contributed by atoms with Crippen molar-refractivity contribution in [2.45, 2.75) is 40.0 Å². The molecule has 0 rings (SSSR count). The van der Waals surface area contributed by atoms with Crippen molar-refractivity contribution in [1.82, 2.24) is 5.32 Å². The second kappa shape index (κ2) is 10.1. The number of ether oxygens (including phenoxy) is 2. The van der Waals surface area contributed by atoms with Crippen molar-refractivity contribution in [3.8, 4) is 0 Å². The average Bonchev–Trinajstić information content (AvgIpc) is 2.25. The molecule has 0 aliphatic carbocycles. The van der Waals surface area contributed by atoms with Crippen molar-refractivity contribution in [3.05, 3.63) is 0 Å². The van der Waals surface area contributed by atoms with Gasteiger partial charge in [0.15, 0.2) is 0 Å². The number of rotatable bonds is 11. The molecule has 0 saturated carbocycles. The van der Waals surface area contributed by atoms with Crippen LogP contribution < -0.4 is 5.32 Å². The predicted octanol–water partition coefficient (Wildman–Crippen LogP) is 2.46. The first-order valence-electron chi connectivity index (χ1n) is 6.40. The Morgan fingerprint density at radius 2 is 1.88 bits per heavy atom. The molecule has 0 atom stereocenters. The predicted molar refractivity (Wildman–Crippen MR) is 68.9 cm³/mol. The lowest BCUT2D eigenvalue weighted by Gasteiger charge is -2.24. The molecule has 0 unspecified atom stereocenters. The molecule has 0 aliphatic heterocycles. The Morgan fingerprint density at radius 1 is 1.12 bits per heavy atom. The fourth-order valence-electron chi connectivity index (χ4n) is 1.39. The van der Waals surface area contributed by atoms with E-state index in [1.165, 1.54) is 12.8 Å². The lowest BCUT2D eigenvalue weighted by atomic mass is 9.90. The van der Waals surface area contributed by atoms with Crippen LogP contribution in [-0.2, 0) is 9.47 Å². The van der Waals surface area contributed by atoms with E-state index in [0.717, 1.165) is 39.3 Å². The summed E-state index contributed by atoms with van der Waals surface area (Å²) in [5.41, 5.74) is 0.305. The van der Waals surface area contributed by atoms with Crippen molar-refractivity contribution < 1.29 is 9.47 Å². The van der Waals surface area contributed by atoms with Crippen molar-refractivity contribution in [3.63, 3.8) is 0 Å². The summed E-state index contributed by atoms with van der Waals surface area (Å²) in [6.07, 6.45) is 3.46. The monoisotopic (exact) mass is 231 g/mol. The van der Waals surface area contributed by atoms with Gasteiger partial charge in [0.05, 0.1) is 6.61 Å². The highest BCUT2D eigenvalue weighted by molar-refractivity contribution is 4.71. The van der Waals surface area contributed by atoms with Gasteiger partial charge in [-0.3, -0.25) is 0 Å². The summed E-state index contributed by atoms with van der Waals surface area (Å²) in [6.45, 7) is 11.2. The molecule has 0 bridgehead atoms. The van der Waals surface area contributed by atoms with Gasteiger partial charge in [0.2, 0.25) is 0 Å². The SMILES string of the molecule is CCCCOCCNCC(C)(C)CCOC. The van der Waals surface area contributed by atoms with Gasteiger partial charge in [0.1, 0.15) is 0 Å². The van der Waals surface area contributed by atoms with E-state index in [9.17, 15) is 0 Å². The molecule has 0 aromatic carbocycles. The maximum absolute atomic E-state index is 5.48. The third kappa shape index (κ3) is 10.4. The Morgan fingerprint density at radius 3 is 2.50 bits per heavy atom. The Labute approximate surface area is 101 Å². The lowest BCUT2D eigenvalue weighted by Crippen LogP contribution is -2.32. The van der Waals surface area contributed by atoms with E-state index >= 15 is 0 Å². The standard InChI is InChI=1S/C13H29NO2/c1-5-6-9-16-11-8-14-12-13(2,3)7-10-15-4/h14H,5-12H2,1-4H3. The zero-order chi connectivity index (χ0) is 12.3. The summed E-state index contributed by atoms with van der Waals surface area (Å²) in [6, 6.07) is 0. The molecule has 0 aromatic heterocycles. The topological polar surface area (TPSA) is 30.5 Å². The van der Waals surface area contributed by atoms with Gasteiger partial charge in [-0.1, -0.05) is 27.2 Å². The normalized spacial score (nSPS) is 12.0. The molecule has 0 spiro atoms.